The number of aryl methyl sites for hydroxylation is 1. The van der Waals surface area contributed by atoms with Gasteiger partial charge in [-0.05, 0) is 59.2 Å². The van der Waals surface area contributed by atoms with Crippen LogP contribution in [-0.4, -0.2) is 47.3 Å². The number of carbonyl (C=O) groups excluding carboxylic acids is 1. The van der Waals surface area contributed by atoms with Gasteiger partial charge < -0.3 is 15.5 Å². The second kappa shape index (κ2) is 9.08. The van der Waals surface area contributed by atoms with Gasteiger partial charge in [-0.1, -0.05) is 26.0 Å². The average molecular weight is 411 g/mol. The van der Waals surface area contributed by atoms with Crippen molar-refractivity contribution in [3.63, 3.8) is 0 Å². The maximum Gasteiger partial charge on any atom is 0.265 e. The van der Waals surface area contributed by atoms with Crippen LogP contribution in [0.2, 0.25) is 0 Å². The lowest BCUT2D eigenvalue weighted by Gasteiger charge is -2.24. The van der Waals surface area contributed by atoms with Crippen molar-refractivity contribution in [1.82, 2.24) is 20.6 Å². The predicted octanol–water partition coefficient (Wildman–Crippen LogP) is 3.44. The van der Waals surface area contributed by atoms with Crippen molar-refractivity contribution in [2.75, 3.05) is 24.5 Å². The molecule has 0 saturated carbocycles. The number of rotatable bonds is 4. The summed E-state index contributed by atoms with van der Waals surface area (Å²) in [4.78, 5) is 28.6. The van der Waals surface area contributed by atoms with Gasteiger partial charge >= 0.3 is 0 Å². The van der Waals surface area contributed by atoms with Gasteiger partial charge in [-0.3, -0.25) is 4.79 Å². The molecule has 0 aliphatic carbocycles. The van der Waals surface area contributed by atoms with E-state index in [1.54, 1.807) is 13.3 Å². The molecular formula is C23H34N6O. The fourth-order valence-corrected chi connectivity index (χ4v) is 4.35. The number of hydrogen-bond donors (Lipinski definition) is 2. The number of nitrogens with zero attached hydrogens (tertiary/aromatic N) is 4. The second-order valence-corrected chi connectivity index (χ2v) is 8.67. The number of piperidine rings is 1. The Morgan fingerprint density at radius 3 is 2.60 bits per heavy atom. The molecule has 1 amide bonds. The highest BCUT2D eigenvalue weighted by Crippen LogP contribution is 2.46. The molecule has 2 fully saturated rings. The lowest BCUT2D eigenvalue weighted by Crippen LogP contribution is -2.44. The Labute approximate surface area is 179 Å². The lowest BCUT2D eigenvalue weighted by atomic mass is 9.86. The van der Waals surface area contributed by atoms with E-state index < -0.39 is 0 Å². The molecule has 2 saturated heterocycles. The van der Waals surface area contributed by atoms with E-state index in [9.17, 15) is 4.79 Å². The maximum atomic E-state index is 12.7. The van der Waals surface area contributed by atoms with Crippen LogP contribution in [-0.2, 0) is 4.79 Å². The number of amides is 1. The van der Waals surface area contributed by atoms with Crippen LogP contribution in [0.1, 0.15) is 53.2 Å². The van der Waals surface area contributed by atoms with Crippen molar-refractivity contribution >= 4 is 23.1 Å². The molecule has 0 bridgehead atoms. The van der Waals surface area contributed by atoms with Crippen LogP contribution in [0.25, 0.3) is 0 Å². The van der Waals surface area contributed by atoms with E-state index in [0.717, 1.165) is 49.7 Å². The average Bonchev–Trinajstić information content (AvgIpc) is 2.99. The summed E-state index contributed by atoms with van der Waals surface area (Å²) in [5.74, 6) is 0.618. The summed E-state index contributed by atoms with van der Waals surface area (Å²) in [5, 5.41) is 6.43. The molecule has 0 aromatic carbocycles. The van der Waals surface area contributed by atoms with Crippen molar-refractivity contribution in [3.8, 4) is 0 Å². The molecule has 0 unspecified atom stereocenters. The summed E-state index contributed by atoms with van der Waals surface area (Å²) >= 11 is 0. The number of anilines is 1. The van der Waals surface area contributed by atoms with Crippen LogP contribution in [0.15, 0.2) is 34.7 Å². The van der Waals surface area contributed by atoms with E-state index in [1.807, 2.05) is 13.8 Å². The van der Waals surface area contributed by atoms with E-state index in [2.05, 4.69) is 58.4 Å². The molecule has 7 nitrogen and oxygen atoms in total. The number of nitrogens with one attached hydrogen (secondary N) is 2. The van der Waals surface area contributed by atoms with Crippen LogP contribution in [0.4, 0.5) is 11.5 Å². The lowest BCUT2D eigenvalue weighted by molar-refractivity contribution is -0.115. The van der Waals surface area contributed by atoms with E-state index in [1.165, 1.54) is 5.57 Å². The van der Waals surface area contributed by atoms with Crippen molar-refractivity contribution < 1.29 is 4.79 Å². The van der Waals surface area contributed by atoms with Gasteiger partial charge in [-0.2, -0.15) is 0 Å². The summed E-state index contributed by atoms with van der Waals surface area (Å²) in [5.41, 5.74) is 4.27. The van der Waals surface area contributed by atoms with Gasteiger partial charge in [-0.15, -0.1) is 0 Å². The Bertz CT molecular complexity index is 893. The zero-order chi connectivity index (χ0) is 21.9. The molecule has 162 valence electrons. The number of aromatic nitrogens is 2. The van der Waals surface area contributed by atoms with E-state index in [4.69, 9.17) is 4.99 Å². The zero-order valence-electron chi connectivity index (χ0n) is 19.0. The molecule has 3 rings (SSSR count). The minimum absolute atomic E-state index is 0.00211. The molecule has 2 aliphatic heterocycles. The number of carbonyl (C=O) groups is 1. The number of aliphatic imine (C=N–C) groups is 1. The van der Waals surface area contributed by atoms with Crippen molar-refractivity contribution in [3.05, 3.63) is 35.4 Å². The summed E-state index contributed by atoms with van der Waals surface area (Å²) in [7, 11) is 0. The third kappa shape index (κ3) is 4.46. The minimum atomic E-state index is -0.127. The first-order chi connectivity index (χ1) is 14.3. The molecule has 0 radical (unpaired) electrons. The van der Waals surface area contributed by atoms with Crippen molar-refractivity contribution in [2.45, 2.75) is 60.4 Å². The number of allylic oxidation sites excluding steroid dienone is 3. The Hall–Kier alpha value is -2.54. The first-order valence-corrected chi connectivity index (χ1v) is 10.8. The summed E-state index contributed by atoms with van der Waals surface area (Å²) < 4.78 is 0. The molecule has 0 spiro atoms. The van der Waals surface area contributed by atoms with Crippen LogP contribution in [0.3, 0.4) is 0 Å². The third-order valence-electron chi connectivity index (χ3n) is 5.94. The quantitative estimate of drug-likeness (QED) is 0.743. The standard InChI is InChI=1S/C23H34N6O/c1-7-18-19(8-2)29(13-23(18,5)6)21-20(15(3)25-14-26-21)27-16(4)22(30)28-17-9-11-24-12-10-17/h7-8,14,17,24H,9-13H2,1-6H3,(H,28,30)/b18-7?,19-8+,27-16?. The van der Waals surface area contributed by atoms with Crippen LogP contribution < -0.4 is 15.5 Å². The van der Waals surface area contributed by atoms with Gasteiger partial charge in [0.15, 0.2) is 5.82 Å². The highest BCUT2D eigenvalue weighted by Gasteiger charge is 2.39. The monoisotopic (exact) mass is 410 g/mol. The number of hydrogen-bond acceptors (Lipinski definition) is 6. The van der Waals surface area contributed by atoms with Crippen LogP contribution >= 0.6 is 0 Å². The zero-order valence-corrected chi connectivity index (χ0v) is 19.0. The van der Waals surface area contributed by atoms with E-state index >= 15 is 0 Å². The molecule has 0 atom stereocenters. The molecule has 1 aromatic heterocycles. The maximum absolute atomic E-state index is 12.7. The smallest absolute Gasteiger partial charge is 0.265 e. The normalized spacial score (nSPS) is 22.7. The first-order valence-electron chi connectivity index (χ1n) is 10.8. The molecular weight excluding hydrogens is 376 g/mol. The van der Waals surface area contributed by atoms with Gasteiger partial charge in [0.25, 0.3) is 5.91 Å². The molecule has 1 aromatic rings. The van der Waals surface area contributed by atoms with Gasteiger partial charge in [0, 0.05) is 23.7 Å². The van der Waals surface area contributed by atoms with Crippen molar-refractivity contribution in [2.24, 2.45) is 10.4 Å². The molecule has 7 heteroatoms. The first kappa shape index (κ1) is 22.2. The second-order valence-electron chi connectivity index (χ2n) is 8.67. The summed E-state index contributed by atoms with van der Waals surface area (Å²) in [6.07, 6.45) is 7.74. The van der Waals surface area contributed by atoms with Crippen molar-refractivity contribution in [1.29, 1.82) is 0 Å². The highest BCUT2D eigenvalue weighted by molar-refractivity contribution is 6.38. The topological polar surface area (TPSA) is 82.5 Å². The Kier molecular flexibility index (Phi) is 6.71. The largest absolute Gasteiger partial charge is 0.348 e. The predicted molar refractivity (Wildman–Crippen MR) is 122 cm³/mol. The minimum Gasteiger partial charge on any atom is -0.348 e. The van der Waals surface area contributed by atoms with Gasteiger partial charge in [-0.25, -0.2) is 15.0 Å². The Balaban J connectivity index is 1.93. The molecule has 3 heterocycles. The fourth-order valence-electron chi connectivity index (χ4n) is 4.35. The van der Waals surface area contributed by atoms with Gasteiger partial charge in [0.1, 0.15) is 17.7 Å². The van der Waals surface area contributed by atoms with Crippen LogP contribution in [0.5, 0.6) is 0 Å². The fraction of sp³-hybridized carbons (Fsp3) is 0.565. The SMILES string of the molecule is CC=C1/C(=C\C)N(c2ncnc(C)c2N=C(C)C(=O)NC2CCNCC2)CC1(C)C. The summed E-state index contributed by atoms with van der Waals surface area (Å²) in [6.45, 7) is 14.9. The summed E-state index contributed by atoms with van der Waals surface area (Å²) in [6, 6.07) is 0.197. The van der Waals surface area contributed by atoms with Gasteiger partial charge in [0.2, 0.25) is 0 Å². The molecule has 2 aliphatic rings. The van der Waals surface area contributed by atoms with E-state index in [-0.39, 0.29) is 17.4 Å². The Morgan fingerprint density at radius 1 is 1.27 bits per heavy atom. The van der Waals surface area contributed by atoms with E-state index in [0.29, 0.717) is 11.4 Å². The third-order valence-corrected chi connectivity index (χ3v) is 5.94. The molecule has 2 N–H and O–H groups in total. The van der Waals surface area contributed by atoms with Gasteiger partial charge in [0.05, 0.1) is 5.69 Å². The molecule has 30 heavy (non-hydrogen) atoms. The van der Waals surface area contributed by atoms with Crippen LogP contribution in [0, 0.1) is 12.3 Å². The Morgan fingerprint density at radius 2 is 1.97 bits per heavy atom. The highest BCUT2D eigenvalue weighted by atomic mass is 16.1.